The molecule has 9 heteroatoms. The molecule has 0 unspecified atom stereocenters. The van der Waals surface area contributed by atoms with Crippen LogP contribution in [0, 0.1) is 5.82 Å². The molecule has 0 spiro atoms. The van der Waals surface area contributed by atoms with Crippen molar-refractivity contribution in [3.05, 3.63) is 54.0 Å². The first kappa shape index (κ1) is 22.3. The summed E-state index contributed by atoms with van der Waals surface area (Å²) >= 11 is 0. The third-order valence-corrected chi connectivity index (χ3v) is 4.89. The maximum absolute atomic E-state index is 13.4. The number of benzene rings is 1. The highest BCUT2D eigenvalue weighted by Crippen LogP contribution is 2.23. The highest BCUT2D eigenvalue weighted by Gasteiger charge is 2.24. The minimum Gasteiger partial charge on any atom is -0.450 e. The molecule has 1 aromatic heterocycles. The lowest BCUT2D eigenvalue weighted by atomic mass is 10.1. The van der Waals surface area contributed by atoms with E-state index in [9.17, 15) is 9.18 Å². The van der Waals surface area contributed by atoms with E-state index in [0.29, 0.717) is 43.8 Å². The lowest BCUT2D eigenvalue weighted by Gasteiger charge is -2.32. The quantitative estimate of drug-likeness (QED) is 0.541. The van der Waals surface area contributed by atoms with Crippen LogP contribution in [0.4, 0.5) is 9.18 Å². The van der Waals surface area contributed by atoms with Crippen LogP contribution in [-0.2, 0) is 11.3 Å². The van der Waals surface area contributed by atoms with Crippen LogP contribution in [0.1, 0.15) is 25.3 Å². The number of ether oxygens (including phenoxy) is 2. The van der Waals surface area contributed by atoms with Gasteiger partial charge >= 0.3 is 6.09 Å². The van der Waals surface area contributed by atoms with Crippen LogP contribution >= 0.6 is 0 Å². The highest BCUT2D eigenvalue weighted by molar-refractivity contribution is 5.80. The molecule has 8 nitrogen and oxygen atoms in total. The molecule has 1 aliphatic rings. The third kappa shape index (κ3) is 6.56. The van der Waals surface area contributed by atoms with Crippen LogP contribution in [0.25, 0.3) is 0 Å². The van der Waals surface area contributed by atoms with Crippen molar-refractivity contribution in [1.82, 2.24) is 20.5 Å². The summed E-state index contributed by atoms with van der Waals surface area (Å²) in [7, 11) is 1.70. The number of likely N-dealkylation sites (tertiary alicyclic amines) is 1. The number of amides is 1. The first-order valence-corrected chi connectivity index (χ1v) is 10.3. The summed E-state index contributed by atoms with van der Waals surface area (Å²) in [6.07, 6.45) is 2.98. The Morgan fingerprint density at radius 3 is 2.81 bits per heavy atom. The Bertz CT molecular complexity index is 900. The number of piperidine rings is 1. The van der Waals surface area contributed by atoms with Gasteiger partial charge in [-0.05, 0) is 38.0 Å². The van der Waals surface area contributed by atoms with Gasteiger partial charge in [0.25, 0.3) is 0 Å². The standard InChI is InChI=1S/C22H28FN5O3/c1-3-30-22(29)28-12-9-18(10-13-28)27-21(24-2)26-15-16-6-5-11-25-20(16)31-19-8-4-7-17(23)14-19/h4-8,11,14,18H,3,9-10,12-13,15H2,1-2H3,(H2,24,26,27). The molecular weight excluding hydrogens is 401 g/mol. The average Bonchev–Trinajstić information content (AvgIpc) is 2.78. The largest absolute Gasteiger partial charge is 0.450 e. The van der Waals surface area contributed by atoms with Gasteiger partial charge in [0.15, 0.2) is 5.96 Å². The molecule has 1 aliphatic heterocycles. The number of carbonyl (C=O) groups excluding carboxylic acids is 1. The van der Waals surface area contributed by atoms with Crippen molar-refractivity contribution in [3.63, 3.8) is 0 Å². The molecule has 2 aromatic rings. The predicted octanol–water partition coefficient (Wildman–Crippen LogP) is 3.30. The number of carbonyl (C=O) groups is 1. The van der Waals surface area contributed by atoms with E-state index in [4.69, 9.17) is 9.47 Å². The molecule has 1 amide bonds. The molecule has 2 heterocycles. The first-order valence-electron chi connectivity index (χ1n) is 10.3. The van der Waals surface area contributed by atoms with Crippen molar-refractivity contribution >= 4 is 12.1 Å². The van der Waals surface area contributed by atoms with Crippen LogP contribution in [0.2, 0.25) is 0 Å². The van der Waals surface area contributed by atoms with E-state index in [1.54, 1.807) is 37.2 Å². The van der Waals surface area contributed by atoms with Gasteiger partial charge in [-0.3, -0.25) is 4.99 Å². The molecule has 0 saturated carbocycles. The summed E-state index contributed by atoms with van der Waals surface area (Å²) in [5.41, 5.74) is 0.812. The number of nitrogens with one attached hydrogen (secondary N) is 2. The second-order valence-corrected chi connectivity index (χ2v) is 7.06. The Morgan fingerprint density at radius 1 is 1.29 bits per heavy atom. The summed E-state index contributed by atoms with van der Waals surface area (Å²) in [4.78, 5) is 22.1. The number of nitrogens with zero attached hydrogens (tertiary/aromatic N) is 3. The first-order chi connectivity index (χ1) is 15.1. The molecular formula is C22H28FN5O3. The molecule has 31 heavy (non-hydrogen) atoms. The number of aromatic nitrogens is 1. The lowest BCUT2D eigenvalue weighted by molar-refractivity contribution is 0.0963. The molecule has 1 aromatic carbocycles. The second-order valence-electron chi connectivity index (χ2n) is 7.06. The molecule has 0 bridgehead atoms. The zero-order chi connectivity index (χ0) is 22.1. The van der Waals surface area contributed by atoms with Crippen LogP contribution in [0.15, 0.2) is 47.6 Å². The van der Waals surface area contributed by atoms with Gasteiger partial charge in [-0.15, -0.1) is 0 Å². The maximum atomic E-state index is 13.4. The van der Waals surface area contributed by atoms with Gasteiger partial charge in [-0.25, -0.2) is 14.2 Å². The van der Waals surface area contributed by atoms with Gasteiger partial charge in [0.1, 0.15) is 11.6 Å². The van der Waals surface area contributed by atoms with Crippen LogP contribution in [-0.4, -0.2) is 54.7 Å². The SMILES string of the molecule is CCOC(=O)N1CCC(NC(=NC)NCc2cccnc2Oc2cccc(F)c2)CC1. The van der Waals surface area contributed by atoms with Crippen molar-refractivity contribution in [1.29, 1.82) is 0 Å². The number of pyridine rings is 1. The molecule has 1 fully saturated rings. The van der Waals surface area contributed by atoms with Gasteiger partial charge in [-0.1, -0.05) is 12.1 Å². The van der Waals surface area contributed by atoms with Gasteiger partial charge in [0.05, 0.1) is 6.61 Å². The molecule has 0 aliphatic carbocycles. The zero-order valence-electron chi connectivity index (χ0n) is 17.8. The van der Waals surface area contributed by atoms with E-state index in [2.05, 4.69) is 20.6 Å². The number of halogens is 1. The molecule has 0 radical (unpaired) electrons. The topological polar surface area (TPSA) is 88.1 Å². The minimum atomic E-state index is -0.369. The van der Waals surface area contributed by atoms with Crippen LogP contribution in [0.3, 0.4) is 0 Å². The van der Waals surface area contributed by atoms with Gasteiger partial charge in [0.2, 0.25) is 5.88 Å². The Balaban J connectivity index is 1.53. The van der Waals surface area contributed by atoms with Crippen molar-refractivity contribution < 1.29 is 18.7 Å². The fourth-order valence-corrected chi connectivity index (χ4v) is 3.28. The van der Waals surface area contributed by atoms with Crippen molar-refractivity contribution in [3.8, 4) is 11.6 Å². The number of hydrogen-bond donors (Lipinski definition) is 2. The molecule has 0 atom stereocenters. The number of hydrogen-bond acceptors (Lipinski definition) is 5. The van der Waals surface area contributed by atoms with Crippen LogP contribution in [0.5, 0.6) is 11.6 Å². The number of rotatable bonds is 6. The van der Waals surface area contributed by atoms with Crippen molar-refractivity contribution in [2.75, 3.05) is 26.7 Å². The van der Waals surface area contributed by atoms with E-state index < -0.39 is 0 Å². The summed E-state index contributed by atoms with van der Waals surface area (Å²) in [5, 5.41) is 6.66. The lowest BCUT2D eigenvalue weighted by Crippen LogP contribution is -2.49. The Morgan fingerprint density at radius 2 is 2.10 bits per heavy atom. The van der Waals surface area contributed by atoms with Gasteiger partial charge in [0, 0.05) is 50.6 Å². The Labute approximate surface area is 181 Å². The van der Waals surface area contributed by atoms with E-state index in [1.807, 2.05) is 12.1 Å². The average molecular weight is 429 g/mol. The predicted molar refractivity (Wildman–Crippen MR) is 116 cm³/mol. The van der Waals surface area contributed by atoms with E-state index in [0.717, 1.165) is 18.4 Å². The molecule has 2 N–H and O–H groups in total. The minimum absolute atomic E-state index is 0.203. The number of guanidine groups is 1. The summed E-state index contributed by atoms with van der Waals surface area (Å²) < 4.78 is 24.3. The van der Waals surface area contributed by atoms with E-state index >= 15 is 0 Å². The zero-order valence-corrected chi connectivity index (χ0v) is 17.8. The summed E-state index contributed by atoms with van der Waals surface area (Å²) in [6.45, 7) is 3.90. The summed E-state index contributed by atoms with van der Waals surface area (Å²) in [5.74, 6) is 1.07. The third-order valence-electron chi connectivity index (χ3n) is 4.89. The molecule has 166 valence electrons. The van der Waals surface area contributed by atoms with Crippen molar-refractivity contribution in [2.24, 2.45) is 4.99 Å². The smallest absolute Gasteiger partial charge is 0.409 e. The normalized spacial score (nSPS) is 14.8. The Hall–Kier alpha value is -3.36. The monoisotopic (exact) mass is 429 g/mol. The maximum Gasteiger partial charge on any atom is 0.409 e. The van der Waals surface area contributed by atoms with Crippen molar-refractivity contribution in [2.45, 2.75) is 32.4 Å². The fourth-order valence-electron chi connectivity index (χ4n) is 3.28. The molecule has 3 rings (SSSR count). The van der Waals surface area contributed by atoms with E-state index in [-0.39, 0.29) is 18.0 Å². The van der Waals surface area contributed by atoms with E-state index in [1.165, 1.54) is 12.1 Å². The summed E-state index contributed by atoms with van der Waals surface area (Å²) in [6, 6.07) is 9.85. The fraction of sp³-hybridized carbons (Fsp3) is 0.409. The van der Waals surface area contributed by atoms with Gasteiger partial charge in [-0.2, -0.15) is 0 Å². The molecule has 1 saturated heterocycles. The highest BCUT2D eigenvalue weighted by atomic mass is 19.1. The Kier molecular flexibility index (Phi) is 8.03. The van der Waals surface area contributed by atoms with Crippen LogP contribution < -0.4 is 15.4 Å². The number of aliphatic imine (C=N–C) groups is 1. The second kappa shape index (κ2) is 11.1. The van der Waals surface area contributed by atoms with Gasteiger partial charge < -0.3 is 25.0 Å².